The molecule has 0 aromatic rings. The minimum atomic E-state index is -2.03. The quantitative estimate of drug-likeness (QED) is 0.757. The van der Waals surface area contributed by atoms with E-state index in [2.05, 4.69) is 33.9 Å². The van der Waals surface area contributed by atoms with Gasteiger partial charge in [-0.25, -0.2) is 4.79 Å². The van der Waals surface area contributed by atoms with Crippen molar-refractivity contribution in [2.24, 2.45) is 0 Å². The van der Waals surface area contributed by atoms with Crippen molar-refractivity contribution in [3.8, 4) is 0 Å². The topological polar surface area (TPSA) is 70.0 Å². The lowest BCUT2D eigenvalue weighted by molar-refractivity contribution is -0.0391. The molecule has 0 saturated heterocycles. The Labute approximate surface area is 142 Å². The van der Waals surface area contributed by atoms with Crippen molar-refractivity contribution in [1.29, 1.82) is 0 Å². The van der Waals surface area contributed by atoms with Crippen LogP contribution in [0.1, 0.15) is 60.8 Å². The monoisotopic (exact) mass is 345 g/mol. The molecule has 1 fully saturated rings. The molecule has 1 saturated carbocycles. The van der Waals surface area contributed by atoms with E-state index >= 15 is 0 Å². The summed E-state index contributed by atoms with van der Waals surface area (Å²) in [5.74, 6) is 0. The molecule has 0 unspecified atom stereocenters. The lowest BCUT2D eigenvalue weighted by Gasteiger charge is -2.49. The van der Waals surface area contributed by atoms with Gasteiger partial charge in [0.25, 0.3) is 0 Å². The Hall–Kier alpha value is -0.593. The molecule has 0 spiro atoms. The van der Waals surface area contributed by atoms with Gasteiger partial charge in [0.15, 0.2) is 8.32 Å². The van der Waals surface area contributed by atoms with Crippen molar-refractivity contribution in [2.45, 2.75) is 103 Å². The van der Waals surface area contributed by atoms with Gasteiger partial charge in [0, 0.05) is 12.0 Å². The molecule has 23 heavy (non-hydrogen) atoms. The summed E-state index contributed by atoms with van der Waals surface area (Å²) >= 11 is 0. The van der Waals surface area contributed by atoms with Crippen LogP contribution >= 0.6 is 0 Å². The molecule has 3 atom stereocenters. The highest BCUT2D eigenvalue weighted by molar-refractivity contribution is 6.74. The minimum Gasteiger partial charge on any atom is -0.465 e. The number of aliphatic hydroxyl groups excluding tert-OH is 1. The predicted molar refractivity (Wildman–Crippen MR) is 95.3 cm³/mol. The first-order valence-electron chi connectivity index (χ1n) is 8.55. The van der Waals surface area contributed by atoms with Crippen LogP contribution < -0.4 is 0 Å². The first kappa shape index (κ1) is 20.5. The van der Waals surface area contributed by atoms with Gasteiger partial charge in [-0.2, -0.15) is 0 Å². The van der Waals surface area contributed by atoms with Crippen LogP contribution in [0.4, 0.5) is 4.79 Å². The average Bonchev–Trinajstić information content (AvgIpc) is 2.28. The molecular weight excluding hydrogens is 310 g/mol. The molecule has 136 valence electrons. The zero-order valence-electron chi connectivity index (χ0n) is 16.0. The number of hydrogen-bond donors (Lipinski definition) is 2. The molecule has 5 nitrogen and oxygen atoms in total. The van der Waals surface area contributed by atoms with E-state index in [0.29, 0.717) is 19.3 Å². The number of carboxylic acid groups (broad SMARTS) is 1. The van der Waals surface area contributed by atoms with Gasteiger partial charge in [0.1, 0.15) is 0 Å². The van der Waals surface area contributed by atoms with E-state index in [-0.39, 0.29) is 17.2 Å². The number of nitrogens with zero attached hydrogens (tertiary/aromatic N) is 1. The number of aliphatic hydroxyl groups is 1. The second kappa shape index (κ2) is 6.73. The fourth-order valence-electron chi connectivity index (χ4n) is 3.00. The van der Waals surface area contributed by atoms with E-state index in [1.165, 1.54) is 4.90 Å². The predicted octanol–water partition coefficient (Wildman–Crippen LogP) is 4.07. The molecule has 1 aliphatic rings. The van der Waals surface area contributed by atoms with Crippen molar-refractivity contribution in [3.05, 3.63) is 0 Å². The normalized spacial score (nSPS) is 26.9. The molecule has 6 heteroatoms. The van der Waals surface area contributed by atoms with E-state index in [1.54, 1.807) is 0 Å². The van der Waals surface area contributed by atoms with Crippen molar-refractivity contribution >= 4 is 14.4 Å². The van der Waals surface area contributed by atoms with Crippen molar-refractivity contribution in [1.82, 2.24) is 4.90 Å². The maximum Gasteiger partial charge on any atom is 0.408 e. The molecule has 1 rings (SSSR count). The molecule has 0 bridgehead atoms. The minimum absolute atomic E-state index is 0.0513. The number of carbonyl (C=O) groups is 1. The van der Waals surface area contributed by atoms with E-state index < -0.39 is 26.1 Å². The molecule has 1 amide bonds. The van der Waals surface area contributed by atoms with Crippen LogP contribution in [0.2, 0.25) is 18.1 Å². The Morgan fingerprint density at radius 1 is 1.13 bits per heavy atom. The smallest absolute Gasteiger partial charge is 0.408 e. The van der Waals surface area contributed by atoms with E-state index in [4.69, 9.17) is 4.43 Å². The largest absolute Gasteiger partial charge is 0.465 e. The van der Waals surface area contributed by atoms with Gasteiger partial charge >= 0.3 is 6.09 Å². The van der Waals surface area contributed by atoms with Gasteiger partial charge in [0.05, 0.1) is 18.2 Å². The third-order valence-electron chi connectivity index (χ3n) is 5.24. The van der Waals surface area contributed by atoms with Crippen molar-refractivity contribution < 1.29 is 19.4 Å². The number of rotatable bonds is 3. The van der Waals surface area contributed by atoms with Gasteiger partial charge < -0.3 is 14.6 Å². The highest BCUT2D eigenvalue weighted by Gasteiger charge is 2.46. The van der Waals surface area contributed by atoms with Crippen molar-refractivity contribution in [2.75, 3.05) is 0 Å². The Morgan fingerprint density at radius 3 is 2.04 bits per heavy atom. The van der Waals surface area contributed by atoms with Crippen LogP contribution in [0.25, 0.3) is 0 Å². The summed E-state index contributed by atoms with van der Waals surface area (Å²) in [7, 11) is -2.03. The number of hydrogen-bond acceptors (Lipinski definition) is 3. The third-order valence-corrected chi connectivity index (χ3v) is 9.75. The zero-order chi connectivity index (χ0) is 18.2. The Kier molecular flexibility index (Phi) is 5.98. The van der Waals surface area contributed by atoms with Gasteiger partial charge in [-0.1, -0.05) is 20.8 Å². The number of amides is 1. The molecular formula is C17H35NO4Si. The van der Waals surface area contributed by atoms with Crippen molar-refractivity contribution in [3.63, 3.8) is 0 Å². The molecule has 0 heterocycles. The van der Waals surface area contributed by atoms with E-state index in [1.807, 2.05) is 20.8 Å². The summed E-state index contributed by atoms with van der Waals surface area (Å²) in [6.07, 6.45) is 0.220. The molecule has 1 aliphatic carbocycles. The second-order valence-corrected chi connectivity index (χ2v) is 14.0. The van der Waals surface area contributed by atoms with Crippen LogP contribution in [0.3, 0.4) is 0 Å². The first-order chi connectivity index (χ1) is 10.2. The summed E-state index contributed by atoms with van der Waals surface area (Å²) in [5.41, 5.74) is -0.492. The lowest BCUT2D eigenvalue weighted by atomic mass is 9.87. The van der Waals surface area contributed by atoms with Crippen LogP contribution in [-0.4, -0.2) is 53.3 Å². The summed E-state index contributed by atoms with van der Waals surface area (Å²) in [5, 5.41) is 19.9. The van der Waals surface area contributed by atoms with Crippen LogP contribution in [-0.2, 0) is 4.43 Å². The zero-order valence-corrected chi connectivity index (χ0v) is 17.0. The third kappa shape index (κ3) is 4.94. The molecule has 0 radical (unpaired) electrons. The SMILES string of the molecule is CC(C)(C)N(C(=O)O)[C@@H]1CC[C@@H](O)C[C@@H]1O[Si](C)(C)C(C)(C)C. The Balaban J connectivity index is 3.11. The second-order valence-electron chi connectivity index (χ2n) is 9.27. The highest BCUT2D eigenvalue weighted by atomic mass is 28.4. The fourth-order valence-corrected chi connectivity index (χ4v) is 4.36. The van der Waals surface area contributed by atoms with E-state index in [9.17, 15) is 15.0 Å². The molecule has 2 N–H and O–H groups in total. The van der Waals surface area contributed by atoms with Crippen LogP contribution in [0.5, 0.6) is 0 Å². The van der Waals surface area contributed by atoms with Gasteiger partial charge in [0.2, 0.25) is 0 Å². The fraction of sp³-hybridized carbons (Fsp3) is 0.941. The van der Waals surface area contributed by atoms with E-state index in [0.717, 1.165) is 0 Å². The summed E-state index contributed by atoms with van der Waals surface area (Å²) in [4.78, 5) is 13.4. The van der Waals surface area contributed by atoms with Crippen LogP contribution in [0, 0.1) is 0 Å². The van der Waals surface area contributed by atoms with Gasteiger partial charge in [-0.15, -0.1) is 0 Å². The molecule has 0 aliphatic heterocycles. The summed E-state index contributed by atoms with van der Waals surface area (Å²) < 4.78 is 6.53. The lowest BCUT2D eigenvalue weighted by Crippen LogP contribution is -2.60. The highest BCUT2D eigenvalue weighted by Crippen LogP contribution is 2.40. The summed E-state index contributed by atoms with van der Waals surface area (Å²) in [6.45, 7) is 16.6. The maximum absolute atomic E-state index is 11.9. The standard InChI is InChI=1S/C17H35NO4Si/c1-16(2,3)18(15(20)21)13-10-9-12(19)11-14(13)22-23(7,8)17(4,5)6/h12-14,19H,9-11H2,1-8H3,(H,20,21)/t12-,13-,14+/m1/s1. The Morgan fingerprint density at radius 2 is 1.65 bits per heavy atom. The van der Waals surface area contributed by atoms with Crippen LogP contribution in [0.15, 0.2) is 0 Å². The molecule has 0 aromatic heterocycles. The average molecular weight is 346 g/mol. The van der Waals surface area contributed by atoms with Gasteiger partial charge in [-0.05, 0) is 51.7 Å². The first-order valence-corrected chi connectivity index (χ1v) is 11.5. The maximum atomic E-state index is 11.9. The molecule has 0 aromatic carbocycles. The van der Waals surface area contributed by atoms with Gasteiger partial charge in [-0.3, -0.25) is 4.90 Å². The summed E-state index contributed by atoms with van der Waals surface area (Å²) in [6, 6.07) is -0.204. The Bertz CT molecular complexity index is 425.